The molecule has 1 fully saturated rings. The number of nitrogens with one attached hydrogen (secondary N) is 1. The Kier molecular flexibility index (Phi) is 5.17. The molecule has 2 rings (SSSR count). The average molecular weight is 393 g/mol. The Morgan fingerprint density at radius 1 is 1.47 bits per heavy atom. The summed E-state index contributed by atoms with van der Waals surface area (Å²) >= 11 is 3.72. The highest BCUT2D eigenvalue weighted by atomic mass is 127. The zero-order valence-electron chi connectivity index (χ0n) is 10.7. The molecule has 1 N–H and O–H groups in total. The van der Waals surface area contributed by atoms with Gasteiger partial charge in [0.25, 0.3) is 5.91 Å². The van der Waals surface area contributed by atoms with Gasteiger partial charge in [-0.15, -0.1) is 11.3 Å². The molecule has 1 aromatic rings. The SMILES string of the molecule is CN(CC(=O)N1CCNCC1)C(=O)c1csc(I)c1. The molecule has 104 valence electrons. The van der Waals surface area contributed by atoms with Crippen molar-refractivity contribution in [3.8, 4) is 0 Å². The first-order valence-electron chi connectivity index (χ1n) is 6.06. The Hall–Kier alpha value is -0.670. The summed E-state index contributed by atoms with van der Waals surface area (Å²) in [5.74, 6) is -0.0788. The molecule has 2 amide bonds. The van der Waals surface area contributed by atoms with E-state index in [1.165, 1.54) is 16.2 Å². The summed E-state index contributed by atoms with van der Waals surface area (Å²) < 4.78 is 1.07. The number of hydrogen-bond acceptors (Lipinski definition) is 4. The zero-order chi connectivity index (χ0) is 13.8. The second kappa shape index (κ2) is 6.67. The van der Waals surface area contributed by atoms with Crippen LogP contribution in [0.3, 0.4) is 0 Å². The first-order chi connectivity index (χ1) is 9.08. The Bertz CT molecular complexity index is 471. The molecule has 7 heteroatoms. The molecule has 0 aliphatic carbocycles. The van der Waals surface area contributed by atoms with Gasteiger partial charge in [-0.3, -0.25) is 9.59 Å². The topological polar surface area (TPSA) is 52.7 Å². The lowest BCUT2D eigenvalue weighted by Gasteiger charge is -2.29. The third-order valence-electron chi connectivity index (χ3n) is 3.00. The van der Waals surface area contributed by atoms with Crippen molar-refractivity contribution in [3.63, 3.8) is 0 Å². The van der Waals surface area contributed by atoms with E-state index in [1.54, 1.807) is 11.9 Å². The van der Waals surface area contributed by atoms with Crippen LogP contribution >= 0.6 is 33.9 Å². The molecule has 0 spiro atoms. The highest BCUT2D eigenvalue weighted by Gasteiger charge is 2.21. The fraction of sp³-hybridized carbons (Fsp3) is 0.500. The van der Waals surface area contributed by atoms with Crippen molar-refractivity contribution in [3.05, 3.63) is 19.9 Å². The summed E-state index contributed by atoms with van der Waals surface area (Å²) in [5, 5.41) is 5.03. The second-order valence-corrected chi connectivity index (χ2v) is 7.24. The van der Waals surface area contributed by atoms with E-state index in [1.807, 2.05) is 11.4 Å². The van der Waals surface area contributed by atoms with Crippen LogP contribution in [0.4, 0.5) is 0 Å². The summed E-state index contributed by atoms with van der Waals surface area (Å²) in [6.45, 7) is 3.23. The highest BCUT2D eigenvalue weighted by Crippen LogP contribution is 2.17. The summed E-state index contributed by atoms with van der Waals surface area (Å²) in [5.41, 5.74) is 0.657. The second-order valence-electron chi connectivity index (χ2n) is 4.43. The predicted octanol–water partition coefficient (Wildman–Crippen LogP) is 0.857. The summed E-state index contributed by atoms with van der Waals surface area (Å²) in [7, 11) is 1.67. The molecule has 0 aromatic carbocycles. The third-order valence-corrected chi connectivity index (χ3v) is 4.79. The van der Waals surface area contributed by atoms with Crippen molar-refractivity contribution in [2.75, 3.05) is 39.8 Å². The summed E-state index contributed by atoms with van der Waals surface area (Å²) in [4.78, 5) is 27.5. The van der Waals surface area contributed by atoms with Crippen molar-refractivity contribution in [2.45, 2.75) is 0 Å². The van der Waals surface area contributed by atoms with E-state index in [9.17, 15) is 9.59 Å². The standard InChI is InChI=1S/C12H16IN3O2S/c1-15(12(18)9-6-10(13)19-8-9)7-11(17)16-4-2-14-3-5-16/h6,8,14H,2-5,7H2,1H3. The number of nitrogens with zero attached hydrogens (tertiary/aromatic N) is 2. The highest BCUT2D eigenvalue weighted by molar-refractivity contribution is 14.1. The van der Waals surface area contributed by atoms with Crippen LogP contribution < -0.4 is 5.32 Å². The number of thiophene rings is 1. The van der Waals surface area contributed by atoms with Gasteiger partial charge in [0.15, 0.2) is 0 Å². The van der Waals surface area contributed by atoms with Crippen LogP contribution in [-0.4, -0.2) is 61.4 Å². The third kappa shape index (κ3) is 3.90. The minimum absolute atomic E-state index is 0.0160. The van der Waals surface area contributed by atoms with Gasteiger partial charge >= 0.3 is 0 Å². The normalized spacial score (nSPS) is 15.4. The monoisotopic (exact) mass is 393 g/mol. The number of amides is 2. The lowest BCUT2D eigenvalue weighted by Crippen LogP contribution is -2.49. The molecule has 1 aliphatic heterocycles. The molecule has 0 radical (unpaired) electrons. The van der Waals surface area contributed by atoms with Crippen LogP contribution in [0.1, 0.15) is 10.4 Å². The van der Waals surface area contributed by atoms with Gasteiger partial charge in [0, 0.05) is 38.6 Å². The van der Waals surface area contributed by atoms with E-state index in [0.29, 0.717) is 5.56 Å². The minimum Gasteiger partial charge on any atom is -0.339 e. The Balaban J connectivity index is 1.91. The molecular formula is C12H16IN3O2S. The van der Waals surface area contributed by atoms with Gasteiger partial charge in [-0.25, -0.2) is 0 Å². The molecule has 0 unspecified atom stereocenters. The fourth-order valence-corrected chi connectivity index (χ4v) is 3.25. The molecule has 19 heavy (non-hydrogen) atoms. The van der Waals surface area contributed by atoms with Crippen LogP contribution in [0.5, 0.6) is 0 Å². The summed E-state index contributed by atoms with van der Waals surface area (Å²) in [6, 6.07) is 1.85. The largest absolute Gasteiger partial charge is 0.339 e. The Morgan fingerprint density at radius 3 is 2.74 bits per heavy atom. The number of carbonyl (C=O) groups is 2. The molecule has 5 nitrogen and oxygen atoms in total. The Morgan fingerprint density at radius 2 is 2.16 bits per heavy atom. The average Bonchev–Trinajstić information content (AvgIpc) is 2.85. The first kappa shape index (κ1) is 14.7. The number of piperazine rings is 1. The van der Waals surface area contributed by atoms with Crippen molar-refractivity contribution < 1.29 is 9.59 Å². The number of rotatable bonds is 3. The van der Waals surface area contributed by atoms with E-state index < -0.39 is 0 Å². The predicted molar refractivity (Wildman–Crippen MR) is 83.4 cm³/mol. The molecule has 1 saturated heterocycles. The maximum atomic E-state index is 12.1. The van der Waals surface area contributed by atoms with Crippen molar-refractivity contribution in [1.82, 2.24) is 15.1 Å². The first-order valence-corrected chi connectivity index (χ1v) is 8.02. The number of likely N-dealkylation sites (N-methyl/N-ethyl adjacent to an activating group) is 1. The van der Waals surface area contributed by atoms with Crippen LogP contribution in [0.2, 0.25) is 0 Å². The molecule has 0 atom stereocenters. The van der Waals surface area contributed by atoms with Gasteiger partial charge in [-0.05, 0) is 28.7 Å². The lowest BCUT2D eigenvalue weighted by molar-refractivity contribution is -0.132. The molecule has 1 aliphatic rings. The van der Waals surface area contributed by atoms with Crippen LogP contribution in [0.15, 0.2) is 11.4 Å². The van der Waals surface area contributed by atoms with E-state index in [4.69, 9.17) is 0 Å². The van der Waals surface area contributed by atoms with Gasteiger partial charge in [0.05, 0.1) is 15.0 Å². The van der Waals surface area contributed by atoms with Crippen molar-refractivity contribution in [2.24, 2.45) is 0 Å². The van der Waals surface area contributed by atoms with Gasteiger partial charge in [-0.2, -0.15) is 0 Å². The van der Waals surface area contributed by atoms with Gasteiger partial charge in [-0.1, -0.05) is 0 Å². The molecule has 1 aromatic heterocycles. The van der Waals surface area contributed by atoms with E-state index in [2.05, 4.69) is 27.9 Å². The Labute approximate surface area is 130 Å². The molecule has 0 saturated carbocycles. The van der Waals surface area contributed by atoms with Gasteiger partial charge in [0.2, 0.25) is 5.91 Å². The number of hydrogen-bond donors (Lipinski definition) is 1. The summed E-state index contributed by atoms with van der Waals surface area (Å²) in [6.07, 6.45) is 0. The van der Waals surface area contributed by atoms with Crippen molar-refractivity contribution in [1.29, 1.82) is 0 Å². The smallest absolute Gasteiger partial charge is 0.254 e. The van der Waals surface area contributed by atoms with E-state index in [-0.39, 0.29) is 18.4 Å². The molecular weight excluding hydrogens is 377 g/mol. The zero-order valence-corrected chi connectivity index (χ0v) is 13.7. The molecule has 0 bridgehead atoms. The maximum Gasteiger partial charge on any atom is 0.254 e. The minimum atomic E-state index is -0.0948. The van der Waals surface area contributed by atoms with Crippen LogP contribution in [0, 0.1) is 2.88 Å². The lowest BCUT2D eigenvalue weighted by atomic mass is 10.3. The van der Waals surface area contributed by atoms with E-state index >= 15 is 0 Å². The number of halogens is 1. The van der Waals surface area contributed by atoms with Gasteiger partial charge in [0.1, 0.15) is 0 Å². The quantitative estimate of drug-likeness (QED) is 0.776. The van der Waals surface area contributed by atoms with Gasteiger partial charge < -0.3 is 15.1 Å². The number of carbonyl (C=O) groups excluding carboxylic acids is 2. The van der Waals surface area contributed by atoms with E-state index in [0.717, 1.165) is 29.1 Å². The maximum absolute atomic E-state index is 12.1. The van der Waals surface area contributed by atoms with Crippen LogP contribution in [-0.2, 0) is 4.79 Å². The fourth-order valence-electron chi connectivity index (χ4n) is 1.93. The van der Waals surface area contributed by atoms with Crippen LogP contribution in [0.25, 0.3) is 0 Å². The molecule has 2 heterocycles. The van der Waals surface area contributed by atoms with Crippen molar-refractivity contribution >= 4 is 45.7 Å².